The van der Waals surface area contributed by atoms with E-state index >= 15 is 0 Å². The molecule has 0 saturated carbocycles. The van der Waals surface area contributed by atoms with Crippen LogP contribution < -0.4 is 10.1 Å². The summed E-state index contributed by atoms with van der Waals surface area (Å²) < 4.78 is 19.3. The Morgan fingerprint density at radius 1 is 1.13 bits per heavy atom. The van der Waals surface area contributed by atoms with Crippen LogP contribution in [0.3, 0.4) is 0 Å². The molecule has 1 unspecified atom stereocenters. The van der Waals surface area contributed by atoms with E-state index in [9.17, 15) is 9.18 Å². The third kappa shape index (κ3) is 4.08. The largest absolute Gasteiger partial charge is 0.497 e. The van der Waals surface area contributed by atoms with Gasteiger partial charge in [-0.15, -0.1) is 0 Å². The number of rotatable bonds is 5. The second kappa shape index (κ2) is 8.69. The van der Waals surface area contributed by atoms with Gasteiger partial charge in [0.05, 0.1) is 23.9 Å². The number of halogens is 1. The summed E-state index contributed by atoms with van der Waals surface area (Å²) in [5, 5.41) is 4.07. The van der Waals surface area contributed by atoms with Crippen LogP contribution in [0.4, 0.5) is 10.1 Å². The predicted octanol–water partition coefficient (Wildman–Crippen LogP) is 5.18. The van der Waals surface area contributed by atoms with Crippen molar-refractivity contribution in [2.24, 2.45) is 0 Å². The number of nitrogens with one attached hydrogen (secondary N) is 1. The van der Waals surface area contributed by atoms with E-state index < -0.39 is 0 Å². The van der Waals surface area contributed by atoms with Gasteiger partial charge in [0.1, 0.15) is 11.6 Å². The quantitative estimate of drug-likeness (QED) is 0.633. The Bertz CT molecular complexity index is 1050. The zero-order valence-electron chi connectivity index (χ0n) is 17.3. The molecule has 30 heavy (non-hydrogen) atoms. The molecule has 3 aromatic rings. The molecule has 1 saturated heterocycles. The van der Waals surface area contributed by atoms with Crippen molar-refractivity contribution >= 4 is 22.5 Å². The van der Waals surface area contributed by atoms with Crippen LogP contribution in [0.5, 0.6) is 5.75 Å². The number of hydrogen-bond donors (Lipinski definition) is 1. The summed E-state index contributed by atoms with van der Waals surface area (Å²) in [4.78, 5) is 19.6. The number of fused-ring (bicyclic) bond motifs is 1. The van der Waals surface area contributed by atoms with Gasteiger partial charge in [0, 0.05) is 30.7 Å². The van der Waals surface area contributed by atoms with Crippen molar-refractivity contribution in [3.63, 3.8) is 0 Å². The van der Waals surface area contributed by atoms with Gasteiger partial charge in [0.25, 0.3) is 5.91 Å². The van der Waals surface area contributed by atoms with E-state index in [1.54, 1.807) is 19.4 Å². The van der Waals surface area contributed by atoms with Gasteiger partial charge in [0.2, 0.25) is 0 Å². The Kier molecular flexibility index (Phi) is 5.84. The number of piperidine rings is 1. The molecule has 5 nitrogen and oxygen atoms in total. The molecule has 1 aliphatic rings. The SMILES string of the molecule is COc1ccc(C(C)Nc2c(C(=O)N3CCCCC3)cnc3ccc(F)cc23)cc1. The molecular weight excluding hydrogens is 381 g/mol. The number of aromatic nitrogens is 1. The number of nitrogens with zero attached hydrogens (tertiary/aromatic N) is 2. The van der Waals surface area contributed by atoms with Gasteiger partial charge in [-0.3, -0.25) is 9.78 Å². The van der Waals surface area contributed by atoms with Gasteiger partial charge < -0.3 is 15.0 Å². The van der Waals surface area contributed by atoms with Crippen LogP contribution in [0.2, 0.25) is 0 Å². The summed E-state index contributed by atoms with van der Waals surface area (Å²) >= 11 is 0. The van der Waals surface area contributed by atoms with Crippen molar-refractivity contribution in [2.75, 3.05) is 25.5 Å². The van der Waals surface area contributed by atoms with E-state index in [-0.39, 0.29) is 17.8 Å². The molecule has 156 valence electrons. The smallest absolute Gasteiger partial charge is 0.257 e. The van der Waals surface area contributed by atoms with Gasteiger partial charge >= 0.3 is 0 Å². The van der Waals surface area contributed by atoms with Crippen LogP contribution in [0, 0.1) is 5.82 Å². The minimum Gasteiger partial charge on any atom is -0.497 e. The maximum absolute atomic E-state index is 14.1. The third-order valence-electron chi connectivity index (χ3n) is 5.68. The number of ether oxygens (including phenoxy) is 1. The number of benzene rings is 2. The van der Waals surface area contributed by atoms with E-state index in [2.05, 4.69) is 10.3 Å². The van der Waals surface area contributed by atoms with Crippen molar-refractivity contribution < 1.29 is 13.9 Å². The second-order valence-corrected chi connectivity index (χ2v) is 7.70. The number of anilines is 1. The van der Waals surface area contributed by atoms with Gasteiger partial charge in [0.15, 0.2) is 0 Å². The maximum atomic E-state index is 14.1. The summed E-state index contributed by atoms with van der Waals surface area (Å²) in [6, 6.07) is 12.1. The molecule has 6 heteroatoms. The highest BCUT2D eigenvalue weighted by atomic mass is 19.1. The first kappa shape index (κ1) is 20.1. The van der Waals surface area contributed by atoms with E-state index in [4.69, 9.17) is 4.74 Å². The summed E-state index contributed by atoms with van der Waals surface area (Å²) in [5.74, 6) is 0.369. The zero-order valence-corrected chi connectivity index (χ0v) is 17.3. The molecule has 1 N–H and O–H groups in total. The lowest BCUT2D eigenvalue weighted by Crippen LogP contribution is -2.36. The molecular formula is C24H26FN3O2. The minimum atomic E-state index is -0.355. The summed E-state index contributed by atoms with van der Waals surface area (Å²) in [6.45, 7) is 3.50. The second-order valence-electron chi connectivity index (χ2n) is 7.70. The lowest BCUT2D eigenvalue weighted by Gasteiger charge is -2.28. The highest BCUT2D eigenvalue weighted by Crippen LogP contribution is 2.32. The summed E-state index contributed by atoms with van der Waals surface area (Å²) in [5.41, 5.74) is 2.79. The predicted molar refractivity (Wildman–Crippen MR) is 116 cm³/mol. The van der Waals surface area contributed by atoms with Gasteiger partial charge in [-0.2, -0.15) is 0 Å². The standard InChI is InChI=1S/C24H26FN3O2/c1-16(17-6-9-19(30-2)10-7-17)27-23-20-14-18(25)8-11-22(20)26-15-21(23)24(29)28-12-4-3-5-13-28/h6-11,14-16H,3-5,12-13H2,1-2H3,(H,26,27). The normalized spacial score (nSPS) is 15.1. The first-order valence-corrected chi connectivity index (χ1v) is 10.3. The molecule has 2 heterocycles. The first-order valence-electron chi connectivity index (χ1n) is 10.3. The fraction of sp³-hybridized carbons (Fsp3) is 0.333. The molecule has 1 aromatic heterocycles. The Morgan fingerprint density at radius 3 is 2.57 bits per heavy atom. The Labute approximate surface area is 175 Å². The monoisotopic (exact) mass is 407 g/mol. The topological polar surface area (TPSA) is 54.5 Å². The van der Waals surface area contributed by atoms with Gasteiger partial charge in [-0.1, -0.05) is 12.1 Å². The van der Waals surface area contributed by atoms with Crippen LogP contribution in [0.15, 0.2) is 48.7 Å². The lowest BCUT2D eigenvalue weighted by atomic mass is 10.0. The molecule has 2 aromatic carbocycles. The number of carbonyl (C=O) groups is 1. The highest BCUT2D eigenvalue weighted by molar-refractivity contribution is 6.07. The average Bonchev–Trinajstić information content (AvgIpc) is 2.79. The molecule has 1 atom stereocenters. The Morgan fingerprint density at radius 2 is 1.87 bits per heavy atom. The van der Waals surface area contributed by atoms with Crippen LogP contribution in [-0.4, -0.2) is 36.0 Å². The van der Waals surface area contributed by atoms with Crippen molar-refractivity contribution in [1.82, 2.24) is 9.88 Å². The van der Waals surface area contributed by atoms with Crippen LogP contribution >= 0.6 is 0 Å². The Hall–Kier alpha value is -3.15. The molecule has 1 fully saturated rings. The summed E-state index contributed by atoms with van der Waals surface area (Å²) in [7, 11) is 1.63. The number of likely N-dealkylation sites (tertiary alicyclic amines) is 1. The first-order chi connectivity index (χ1) is 14.6. The van der Waals surface area contributed by atoms with Crippen molar-refractivity contribution in [3.05, 3.63) is 65.6 Å². The lowest BCUT2D eigenvalue weighted by molar-refractivity contribution is 0.0725. The summed E-state index contributed by atoms with van der Waals surface area (Å²) in [6.07, 6.45) is 4.77. The molecule has 0 spiro atoms. The average molecular weight is 407 g/mol. The number of hydrogen-bond acceptors (Lipinski definition) is 4. The van der Waals surface area contributed by atoms with E-state index in [0.29, 0.717) is 22.2 Å². The highest BCUT2D eigenvalue weighted by Gasteiger charge is 2.24. The number of carbonyl (C=O) groups excluding carboxylic acids is 1. The Balaban J connectivity index is 1.74. The molecule has 0 radical (unpaired) electrons. The van der Waals surface area contributed by atoms with Crippen LogP contribution in [0.25, 0.3) is 10.9 Å². The molecule has 0 aliphatic carbocycles. The number of methoxy groups -OCH3 is 1. The fourth-order valence-corrected chi connectivity index (χ4v) is 3.94. The third-order valence-corrected chi connectivity index (χ3v) is 5.68. The molecule has 4 rings (SSSR count). The molecule has 1 amide bonds. The van der Waals surface area contributed by atoms with E-state index in [1.807, 2.05) is 36.1 Å². The fourth-order valence-electron chi connectivity index (χ4n) is 3.94. The van der Waals surface area contributed by atoms with E-state index in [0.717, 1.165) is 43.7 Å². The van der Waals surface area contributed by atoms with Crippen molar-refractivity contribution in [3.8, 4) is 5.75 Å². The number of pyridine rings is 1. The van der Waals surface area contributed by atoms with Crippen LogP contribution in [0.1, 0.15) is 48.1 Å². The number of amides is 1. The van der Waals surface area contributed by atoms with E-state index in [1.165, 1.54) is 12.1 Å². The molecule has 1 aliphatic heterocycles. The van der Waals surface area contributed by atoms with Crippen molar-refractivity contribution in [1.29, 1.82) is 0 Å². The van der Waals surface area contributed by atoms with Gasteiger partial charge in [-0.05, 0) is 62.1 Å². The maximum Gasteiger partial charge on any atom is 0.257 e. The van der Waals surface area contributed by atoms with Crippen molar-refractivity contribution in [2.45, 2.75) is 32.2 Å². The van der Waals surface area contributed by atoms with Crippen LogP contribution in [-0.2, 0) is 0 Å². The zero-order chi connectivity index (χ0) is 21.1. The molecule has 0 bridgehead atoms. The van der Waals surface area contributed by atoms with Gasteiger partial charge in [-0.25, -0.2) is 4.39 Å². The minimum absolute atomic E-state index is 0.0576.